The second kappa shape index (κ2) is 10.5. The summed E-state index contributed by atoms with van der Waals surface area (Å²) in [5, 5.41) is 6.23. The summed E-state index contributed by atoms with van der Waals surface area (Å²) < 4.78 is 0. The highest BCUT2D eigenvalue weighted by Gasteiger charge is 2.16. The lowest BCUT2D eigenvalue weighted by Crippen LogP contribution is -2.44. The fourth-order valence-corrected chi connectivity index (χ4v) is 2.88. The first kappa shape index (κ1) is 20.7. The smallest absolute Gasteiger partial charge is 0.239 e. The van der Waals surface area contributed by atoms with Crippen molar-refractivity contribution in [3.8, 4) is 0 Å². The maximum Gasteiger partial charge on any atom is 0.239 e. The molecule has 0 heterocycles. The molecule has 0 aromatic heterocycles. The average molecular weight is 389 g/mol. The number of benzene rings is 2. The van der Waals surface area contributed by atoms with Gasteiger partial charge in [-0.1, -0.05) is 41.9 Å². The van der Waals surface area contributed by atoms with Crippen molar-refractivity contribution in [2.75, 3.05) is 31.1 Å². The van der Waals surface area contributed by atoms with Crippen LogP contribution < -0.4 is 21.3 Å². The highest BCUT2D eigenvalue weighted by Crippen LogP contribution is 2.19. The van der Waals surface area contributed by atoms with Crippen LogP contribution in [0.15, 0.2) is 48.5 Å². The van der Waals surface area contributed by atoms with Crippen molar-refractivity contribution < 1.29 is 9.59 Å². The Morgan fingerprint density at radius 2 is 1.74 bits per heavy atom. The van der Waals surface area contributed by atoms with Gasteiger partial charge in [0.05, 0.1) is 13.1 Å². The molecule has 144 valence electrons. The molecule has 6 nitrogen and oxygen atoms in total. The van der Waals surface area contributed by atoms with Gasteiger partial charge in [0, 0.05) is 30.3 Å². The molecule has 27 heavy (non-hydrogen) atoms. The summed E-state index contributed by atoms with van der Waals surface area (Å²) in [4.78, 5) is 26.4. The molecule has 0 unspecified atom stereocenters. The number of anilines is 1. The number of nitrogens with one attached hydrogen (secondary N) is 2. The quantitative estimate of drug-likeness (QED) is 0.611. The number of nitrogens with two attached hydrogens (primary N) is 1. The van der Waals surface area contributed by atoms with Crippen LogP contribution in [0.2, 0.25) is 5.02 Å². The number of amides is 2. The Kier molecular flexibility index (Phi) is 8.10. The SMILES string of the molecule is Cc1ccccc1N(CC(=O)NCCN)CC(=O)NCc1cccc(Cl)c1. The molecule has 0 bridgehead atoms. The number of para-hydroxylation sites is 1. The number of aryl methyl sites for hydroxylation is 1. The van der Waals surface area contributed by atoms with Crippen molar-refractivity contribution in [3.05, 3.63) is 64.7 Å². The lowest BCUT2D eigenvalue weighted by atomic mass is 10.1. The van der Waals surface area contributed by atoms with E-state index < -0.39 is 0 Å². The molecule has 7 heteroatoms. The van der Waals surface area contributed by atoms with E-state index in [-0.39, 0.29) is 24.9 Å². The molecule has 2 amide bonds. The highest BCUT2D eigenvalue weighted by molar-refractivity contribution is 6.30. The summed E-state index contributed by atoms with van der Waals surface area (Å²) in [5.74, 6) is -0.351. The number of nitrogens with zero attached hydrogens (tertiary/aromatic N) is 1. The van der Waals surface area contributed by atoms with Crippen molar-refractivity contribution in [1.29, 1.82) is 0 Å². The predicted molar refractivity (Wildman–Crippen MR) is 109 cm³/mol. The topological polar surface area (TPSA) is 87.5 Å². The maximum atomic E-state index is 12.5. The molecule has 0 aliphatic carbocycles. The lowest BCUT2D eigenvalue weighted by Gasteiger charge is -2.25. The van der Waals surface area contributed by atoms with Gasteiger partial charge in [-0.15, -0.1) is 0 Å². The number of carbonyl (C=O) groups is 2. The molecule has 2 aromatic rings. The van der Waals surface area contributed by atoms with Crippen LogP contribution in [0.1, 0.15) is 11.1 Å². The normalized spacial score (nSPS) is 10.3. The number of halogens is 1. The van der Waals surface area contributed by atoms with Crippen molar-refractivity contribution >= 4 is 29.1 Å². The Morgan fingerprint density at radius 1 is 1.04 bits per heavy atom. The Labute approximate surface area is 164 Å². The Morgan fingerprint density at radius 3 is 2.41 bits per heavy atom. The predicted octanol–water partition coefficient (Wildman–Crippen LogP) is 1.85. The first-order valence-electron chi connectivity index (χ1n) is 8.78. The fourth-order valence-electron chi connectivity index (χ4n) is 2.66. The minimum atomic E-state index is -0.176. The van der Waals surface area contributed by atoms with Crippen LogP contribution in [0.4, 0.5) is 5.69 Å². The summed E-state index contributed by atoms with van der Waals surface area (Å²) in [5.41, 5.74) is 8.18. The third kappa shape index (κ3) is 6.92. The molecule has 0 fully saturated rings. The highest BCUT2D eigenvalue weighted by atomic mass is 35.5. The molecule has 2 aromatic carbocycles. The number of carbonyl (C=O) groups excluding carboxylic acids is 2. The molecular weight excluding hydrogens is 364 g/mol. The van der Waals surface area contributed by atoms with Crippen LogP contribution in [0.5, 0.6) is 0 Å². The van der Waals surface area contributed by atoms with E-state index in [2.05, 4.69) is 10.6 Å². The van der Waals surface area contributed by atoms with Crippen LogP contribution >= 0.6 is 11.6 Å². The molecule has 0 spiro atoms. The first-order chi connectivity index (χ1) is 13.0. The standard InChI is InChI=1S/C20H25ClN4O2/c1-15-5-2-3-8-18(15)25(13-19(26)23-10-9-22)14-20(27)24-12-16-6-4-7-17(21)11-16/h2-8,11H,9-10,12-14,22H2,1H3,(H,23,26)(H,24,27). The van der Waals surface area contributed by atoms with Crippen LogP contribution in [0.25, 0.3) is 0 Å². The monoisotopic (exact) mass is 388 g/mol. The van der Waals surface area contributed by atoms with Gasteiger partial charge >= 0.3 is 0 Å². The number of hydrogen-bond acceptors (Lipinski definition) is 4. The third-order valence-electron chi connectivity index (χ3n) is 3.97. The molecule has 2 rings (SSSR count). The zero-order valence-electron chi connectivity index (χ0n) is 15.4. The van der Waals surface area contributed by atoms with Crippen LogP contribution in [-0.2, 0) is 16.1 Å². The largest absolute Gasteiger partial charge is 0.353 e. The second-order valence-corrected chi connectivity index (χ2v) is 6.62. The molecule has 0 atom stereocenters. The minimum absolute atomic E-state index is 0.0709. The molecule has 0 radical (unpaired) electrons. The van der Waals surface area contributed by atoms with E-state index in [1.807, 2.05) is 43.3 Å². The average Bonchev–Trinajstić information content (AvgIpc) is 2.65. The Hall–Kier alpha value is -2.57. The summed E-state index contributed by atoms with van der Waals surface area (Å²) in [6.45, 7) is 3.25. The van der Waals surface area contributed by atoms with Gasteiger partial charge in [0.1, 0.15) is 0 Å². The van der Waals surface area contributed by atoms with E-state index in [1.165, 1.54) is 0 Å². The summed E-state index contributed by atoms with van der Waals surface area (Å²) in [6, 6.07) is 15.0. The van der Waals surface area contributed by atoms with Crippen molar-refractivity contribution in [1.82, 2.24) is 10.6 Å². The van der Waals surface area contributed by atoms with Crippen LogP contribution in [0, 0.1) is 6.92 Å². The van der Waals surface area contributed by atoms with Gasteiger partial charge < -0.3 is 21.3 Å². The van der Waals surface area contributed by atoms with E-state index in [0.29, 0.717) is 24.7 Å². The third-order valence-corrected chi connectivity index (χ3v) is 4.21. The molecular formula is C20H25ClN4O2. The van der Waals surface area contributed by atoms with Gasteiger partial charge in [0.25, 0.3) is 0 Å². The van der Waals surface area contributed by atoms with Crippen molar-refractivity contribution in [2.45, 2.75) is 13.5 Å². The molecule has 0 aliphatic heterocycles. The van der Waals surface area contributed by atoms with Gasteiger partial charge in [-0.3, -0.25) is 9.59 Å². The molecule has 0 aliphatic rings. The number of hydrogen-bond donors (Lipinski definition) is 3. The molecule has 0 saturated carbocycles. The summed E-state index contributed by atoms with van der Waals surface area (Å²) in [6.07, 6.45) is 0. The van der Waals surface area contributed by atoms with Crippen LogP contribution in [-0.4, -0.2) is 38.0 Å². The van der Waals surface area contributed by atoms with E-state index in [0.717, 1.165) is 16.8 Å². The Balaban J connectivity index is 2.03. The van der Waals surface area contributed by atoms with E-state index in [4.69, 9.17) is 17.3 Å². The van der Waals surface area contributed by atoms with Crippen molar-refractivity contribution in [3.63, 3.8) is 0 Å². The summed E-state index contributed by atoms with van der Waals surface area (Å²) in [7, 11) is 0. The van der Waals surface area contributed by atoms with E-state index in [1.54, 1.807) is 17.0 Å². The summed E-state index contributed by atoms with van der Waals surface area (Å²) >= 11 is 5.97. The van der Waals surface area contributed by atoms with Gasteiger partial charge in [-0.25, -0.2) is 0 Å². The van der Waals surface area contributed by atoms with Gasteiger partial charge in [-0.05, 0) is 36.2 Å². The molecule has 0 saturated heterocycles. The van der Waals surface area contributed by atoms with Crippen molar-refractivity contribution in [2.24, 2.45) is 5.73 Å². The minimum Gasteiger partial charge on any atom is -0.353 e. The second-order valence-electron chi connectivity index (χ2n) is 6.19. The van der Waals surface area contributed by atoms with E-state index >= 15 is 0 Å². The zero-order chi connectivity index (χ0) is 19.6. The van der Waals surface area contributed by atoms with Gasteiger partial charge in [0.2, 0.25) is 11.8 Å². The lowest BCUT2D eigenvalue weighted by molar-refractivity contribution is -0.120. The first-order valence-corrected chi connectivity index (χ1v) is 9.16. The van der Waals surface area contributed by atoms with Gasteiger partial charge in [-0.2, -0.15) is 0 Å². The van der Waals surface area contributed by atoms with Gasteiger partial charge in [0.15, 0.2) is 0 Å². The fraction of sp³-hybridized carbons (Fsp3) is 0.300. The van der Waals surface area contributed by atoms with Crippen LogP contribution in [0.3, 0.4) is 0 Å². The number of rotatable bonds is 9. The van der Waals surface area contributed by atoms with E-state index in [9.17, 15) is 9.59 Å². The maximum absolute atomic E-state index is 12.5. The Bertz CT molecular complexity index is 782. The zero-order valence-corrected chi connectivity index (χ0v) is 16.1. The molecule has 4 N–H and O–H groups in total.